The van der Waals surface area contributed by atoms with Gasteiger partial charge < -0.3 is 19.2 Å². The van der Waals surface area contributed by atoms with E-state index in [2.05, 4.69) is 44.0 Å². The van der Waals surface area contributed by atoms with Crippen LogP contribution in [0.3, 0.4) is 0 Å². The van der Waals surface area contributed by atoms with Crippen molar-refractivity contribution in [3.05, 3.63) is 23.8 Å². The number of methoxy groups -OCH3 is 2. The minimum Gasteiger partial charge on any atom is -0.493 e. The van der Waals surface area contributed by atoms with E-state index >= 15 is 0 Å². The number of fused-ring (bicyclic) bond motifs is 5. The zero-order valence-electron chi connectivity index (χ0n) is 21.2. The van der Waals surface area contributed by atoms with Crippen LogP contribution in [0.15, 0.2) is 23.4 Å². The molecule has 5 nitrogen and oxygen atoms in total. The van der Waals surface area contributed by atoms with Crippen LogP contribution in [0.5, 0.6) is 11.5 Å². The summed E-state index contributed by atoms with van der Waals surface area (Å²) in [4.78, 5) is 9.07. The second-order valence-corrected chi connectivity index (χ2v) is 11.6. The van der Waals surface area contributed by atoms with E-state index in [4.69, 9.17) is 19.5 Å². The van der Waals surface area contributed by atoms with Gasteiger partial charge in [-0.15, -0.1) is 0 Å². The molecule has 6 atom stereocenters. The zero-order valence-corrected chi connectivity index (χ0v) is 21.2. The average Bonchev–Trinajstić information content (AvgIpc) is 2.98. The maximum absolute atomic E-state index is 6.54. The molecule has 0 N–H and O–H groups in total. The lowest BCUT2D eigenvalue weighted by molar-refractivity contribution is -0.0886. The summed E-state index contributed by atoms with van der Waals surface area (Å²) >= 11 is 0. The first kappa shape index (κ1) is 23.0. The van der Waals surface area contributed by atoms with Crippen LogP contribution in [0, 0.1) is 17.8 Å². The topological polar surface area (TPSA) is 43.3 Å². The van der Waals surface area contributed by atoms with E-state index in [1.807, 2.05) is 0 Å². The highest BCUT2D eigenvalue weighted by Gasteiger charge is 2.51. The molecule has 0 radical (unpaired) electrons. The molecular formula is C28H42N2O3. The third kappa shape index (κ3) is 4.05. The molecule has 1 aromatic carbocycles. The van der Waals surface area contributed by atoms with Gasteiger partial charge in [-0.25, -0.2) is 0 Å². The Hall–Kier alpha value is -1.75. The van der Waals surface area contributed by atoms with E-state index in [1.165, 1.54) is 49.8 Å². The van der Waals surface area contributed by atoms with Crippen molar-refractivity contribution in [3.63, 3.8) is 0 Å². The molecule has 5 heteroatoms. The smallest absolute Gasteiger partial charge is 0.161 e. The van der Waals surface area contributed by atoms with Crippen LogP contribution in [0.1, 0.15) is 77.2 Å². The maximum atomic E-state index is 6.54. The molecule has 4 aliphatic carbocycles. The summed E-state index contributed by atoms with van der Waals surface area (Å²) in [6, 6.07) is 6.97. The number of ether oxygens (including phenoxy) is 2. The number of nitrogens with zero attached hydrogens (tertiary/aromatic N) is 2. The van der Waals surface area contributed by atoms with E-state index < -0.39 is 0 Å². The van der Waals surface area contributed by atoms with Crippen molar-refractivity contribution >= 4 is 5.71 Å². The highest BCUT2D eigenvalue weighted by Crippen LogP contribution is 2.51. The van der Waals surface area contributed by atoms with Crippen molar-refractivity contribution < 1.29 is 14.3 Å². The Balaban J connectivity index is 1.36. The summed E-state index contributed by atoms with van der Waals surface area (Å²) in [5.41, 5.74) is 2.75. The number of rotatable bonds is 5. The fourth-order valence-electron chi connectivity index (χ4n) is 7.81. The molecule has 0 spiro atoms. The van der Waals surface area contributed by atoms with Crippen molar-refractivity contribution in [3.8, 4) is 11.5 Å². The van der Waals surface area contributed by atoms with Gasteiger partial charge in [-0.05, 0) is 100 Å². The van der Waals surface area contributed by atoms with Crippen LogP contribution < -0.4 is 9.47 Å². The van der Waals surface area contributed by atoms with E-state index in [0.29, 0.717) is 6.04 Å². The van der Waals surface area contributed by atoms with E-state index in [0.717, 1.165) is 55.1 Å². The van der Waals surface area contributed by atoms with Gasteiger partial charge >= 0.3 is 0 Å². The Labute approximate surface area is 199 Å². The fraction of sp³-hybridized carbons (Fsp3) is 0.750. The van der Waals surface area contributed by atoms with Crippen molar-refractivity contribution in [2.24, 2.45) is 22.9 Å². The normalized spacial score (nSPS) is 39.8. The number of hydrogen-bond donors (Lipinski definition) is 0. The third-order valence-electron chi connectivity index (χ3n) is 9.59. The van der Waals surface area contributed by atoms with Crippen LogP contribution in [0.4, 0.5) is 0 Å². The predicted octanol–water partition coefficient (Wildman–Crippen LogP) is 5.81. The number of benzene rings is 1. The third-order valence-corrected chi connectivity index (χ3v) is 9.59. The molecule has 1 saturated heterocycles. The van der Waals surface area contributed by atoms with E-state index in [1.54, 1.807) is 14.2 Å². The molecule has 2 bridgehead atoms. The van der Waals surface area contributed by atoms with Crippen LogP contribution in [0.2, 0.25) is 0 Å². The van der Waals surface area contributed by atoms with Gasteiger partial charge in [0.1, 0.15) is 5.60 Å². The summed E-state index contributed by atoms with van der Waals surface area (Å²) in [5, 5.41) is 4.91. The molecule has 1 aliphatic heterocycles. The monoisotopic (exact) mass is 454 g/mol. The van der Waals surface area contributed by atoms with Gasteiger partial charge in [0.25, 0.3) is 0 Å². The molecule has 0 aromatic heterocycles. The molecule has 6 rings (SSSR count). The Morgan fingerprint density at radius 3 is 2.61 bits per heavy atom. The van der Waals surface area contributed by atoms with Gasteiger partial charge in [0.05, 0.1) is 19.9 Å². The van der Waals surface area contributed by atoms with Gasteiger partial charge in [-0.3, -0.25) is 0 Å². The molecule has 182 valence electrons. The summed E-state index contributed by atoms with van der Waals surface area (Å²) in [6.07, 6.45) is 10.5. The van der Waals surface area contributed by atoms with E-state index in [-0.39, 0.29) is 11.0 Å². The summed E-state index contributed by atoms with van der Waals surface area (Å²) in [6.45, 7) is 5.96. The van der Waals surface area contributed by atoms with Crippen LogP contribution >= 0.6 is 0 Å². The summed E-state index contributed by atoms with van der Waals surface area (Å²) in [5.74, 6) is 4.01. The first-order chi connectivity index (χ1) is 15.9. The number of oxime groups is 1. The molecule has 1 heterocycles. The standard InChI is InChI=1S/C28H42N2O3/c1-19-14-21-8-10-27(17-19,18-20(21)2)33-29-23-9-11-28(12-13-30(3)26(28)16-23)22-6-7-24(31-4)25(15-22)32-5/h6-7,15,19-21,26H,8-14,16-18H2,1-5H3/b29-23+/t19?,20?,21?,26-,27?,28-/m0/s1. The Kier molecular flexibility index (Phi) is 6.13. The Bertz CT molecular complexity index is 897. The predicted molar refractivity (Wildman–Crippen MR) is 132 cm³/mol. The van der Waals surface area contributed by atoms with Crippen LogP contribution in [-0.4, -0.2) is 50.1 Å². The molecule has 4 saturated carbocycles. The first-order valence-electron chi connectivity index (χ1n) is 13.0. The SMILES string of the molecule is COc1ccc([C@@]23CC/C(=N\OC45CCC(CC(C)C4)C(C)C5)C[C@@H]2N(C)CC3)cc1OC. The zero-order chi connectivity index (χ0) is 23.2. The molecule has 1 aromatic rings. The second-order valence-electron chi connectivity index (χ2n) is 11.6. The number of hydrogen-bond acceptors (Lipinski definition) is 5. The molecule has 0 amide bonds. The quantitative estimate of drug-likeness (QED) is 0.527. The maximum Gasteiger partial charge on any atom is 0.161 e. The Morgan fingerprint density at radius 2 is 1.85 bits per heavy atom. The van der Waals surface area contributed by atoms with Crippen molar-refractivity contribution in [1.82, 2.24) is 4.90 Å². The molecular weight excluding hydrogens is 412 g/mol. The molecule has 5 aliphatic rings. The minimum atomic E-state index is -0.0295. The summed E-state index contributed by atoms with van der Waals surface area (Å²) < 4.78 is 11.1. The molecule has 5 fully saturated rings. The molecule has 33 heavy (non-hydrogen) atoms. The van der Waals surface area contributed by atoms with Crippen LogP contribution in [-0.2, 0) is 10.3 Å². The lowest BCUT2D eigenvalue weighted by atomic mass is 9.65. The van der Waals surface area contributed by atoms with Gasteiger partial charge in [-0.1, -0.05) is 25.1 Å². The van der Waals surface area contributed by atoms with Gasteiger partial charge in [0.15, 0.2) is 11.5 Å². The fourth-order valence-corrected chi connectivity index (χ4v) is 7.81. The highest BCUT2D eigenvalue weighted by molar-refractivity contribution is 5.86. The largest absolute Gasteiger partial charge is 0.493 e. The second kappa shape index (κ2) is 8.79. The minimum absolute atomic E-state index is 0.0295. The first-order valence-corrected chi connectivity index (χ1v) is 13.0. The van der Waals surface area contributed by atoms with Gasteiger partial charge in [-0.2, -0.15) is 0 Å². The lowest BCUT2D eigenvalue weighted by Gasteiger charge is -2.43. The highest BCUT2D eigenvalue weighted by atomic mass is 16.6. The van der Waals surface area contributed by atoms with Crippen molar-refractivity contribution in [2.45, 2.75) is 88.7 Å². The summed E-state index contributed by atoms with van der Waals surface area (Å²) in [7, 11) is 5.70. The molecule has 4 unspecified atom stereocenters. The van der Waals surface area contributed by atoms with Crippen molar-refractivity contribution in [2.75, 3.05) is 27.8 Å². The van der Waals surface area contributed by atoms with Gasteiger partial charge in [0, 0.05) is 17.9 Å². The van der Waals surface area contributed by atoms with Crippen LogP contribution in [0.25, 0.3) is 0 Å². The van der Waals surface area contributed by atoms with E-state index in [9.17, 15) is 0 Å². The Morgan fingerprint density at radius 1 is 1.03 bits per heavy atom. The lowest BCUT2D eigenvalue weighted by Crippen LogP contribution is -2.46. The number of likely N-dealkylation sites (tertiary alicyclic amines) is 1. The number of likely N-dealkylation sites (N-methyl/N-ethyl adjacent to an activating group) is 1. The van der Waals surface area contributed by atoms with Gasteiger partial charge in [0.2, 0.25) is 0 Å². The average molecular weight is 455 g/mol. The van der Waals surface area contributed by atoms with Crippen molar-refractivity contribution in [1.29, 1.82) is 0 Å².